The lowest BCUT2D eigenvalue weighted by molar-refractivity contribution is 0.338. The number of fused-ring (bicyclic) bond motifs is 4. The Morgan fingerprint density at radius 2 is 1.21 bits per heavy atom. The molecule has 0 saturated carbocycles. The van der Waals surface area contributed by atoms with Crippen LogP contribution in [0.5, 0.6) is 23.0 Å². The molecule has 0 aliphatic carbocycles. The Kier molecular flexibility index (Phi) is 5.24. The van der Waals surface area contributed by atoms with Gasteiger partial charge in [-0.15, -0.1) is 0 Å². The third-order valence-corrected chi connectivity index (χ3v) is 9.29. The van der Waals surface area contributed by atoms with Crippen LogP contribution in [0.4, 0.5) is 5.69 Å². The lowest BCUT2D eigenvalue weighted by Gasteiger charge is -2.41. The third-order valence-electron chi connectivity index (χ3n) is 9.29. The summed E-state index contributed by atoms with van der Waals surface area (Å²) in [5.41, 5.74) is 6.86. The van der Waals surface area contributed by atoms with E-state index in [9.17, 15) is 0 Å². The largest absolute Gasteiger partial charge is 0.458 e. The summed E-state index contributed by atoms with van der Waals surface area (Å²) in [5, 5.41) is 0. The van der Waals surface area contributed by atoms with Crippen molar-refractivity contribution in [3.8, 4) is 34.1 Å². The summed E-state index contributed by atoms with van der Waals surface area (Å²) in [5.74, 6) is 4.35. The molecule has 42 heavy (non-hydrogen) atoms. The minimum absolute atomic E-state index is 0.0562. The first-order valence-corrected chi connectivity index (χ1v) is 14.4. The highest BCUT2D eigenvalue weighted by Crippen LogP contribution is 2.44. The second kappa shape index (κ2) is 8.83. The van der Waals surface area contributed by atoms with Gasteiger partial charge in [-0.2, -0.15) is 0 Å². The van der Waals surface area contributed by atoms with E-state index in [2.05, 4.69) is 99.3 Å². The monoisotopic (exact) mass is 547 g/mol. The number of hydrogen-bond donors (Lipinski definition) is 0. The standard InChI is InChI=1S/C36H30BN3O2/c1-35(2)36(3,4)40(34(39-35)23-12-6-5-7-13-23)26-18-25(21-38-22-26)24-19-31-33-32(20-24)42-30-17-11-9-15-28(30)37(33)27-14-8-10-16-29(27)41-31/h5-22H,1-4H3. The Morgan fingerprint density at radius 3 is 1.86 bits per heavy atom. The van der Waals surface area contributed by atoms with Gasteiger partial charge in [-0.25, -0.2) is 0 Å². The van der Waals surface area contributed by atoms with E-state index in [1.807, 2.05) is 42.7 Å². The summed E-state index contributed by atoms with van der Waals surface area (Å²) in [6.07, 6.45) is 3.85. The van der Waals surface area contributed by atoms with E-state index in [-0.39, 0.29) is 17.8 Å². The number of rotatable bonds is 3. The maximum absolute atomic E-state index is 6.54. The number of nitrogens with zero attached hydrogens (tertiary/aromatic N) is 3. The summed E-state index contributed by atoms with van der Waals surface area (Å²) in [6, 6.07) is 33.5. The molecule has 0 bridgehead atoms. The van der Waals surface area contributed by atoms with E-state index in [0.29, 0.717) is 0 Å². The molecule has 204 valence electrons. The van der Waals surface area contributed by atoms with Crippen LogP contribution in [0.2, 0.25) is 0 Å². The lowest BCUT2D eigenvalue weighted by Crippen LogP contribution is -2.57. The second-order valence-corrected chi connectivity index (χ2v) is 12.3. The summed E-state index contributed by atoms with van der Waals surface area (Å²) in [7, 11) is 0. The number of amidine groups is 1. The van der Waals surface area contributed by atoms with Crippen molar-refractivity contribution in [1.82, 2.24) is 4.98 Å². The molecular formula is C36H30BN3O2. The zero-order valence-electron chi connectivity index (χ0n) is 24.1. The van der Waals surface area contributed by atoms with E-state index >= 15 is 0 Å². The van der Waals surface area contributed by atoms with Crippen LogP contribution in [0, 0.1) is 0 Å². The molecule has 3 aliphatic rings. The van der Waals surface area contributed by atoms with E-state index in [1.165, 1.54) is 0 Å². The van der Waals surface area contributed by atoms with Gasteiger partial charge in [0.1, 0.15) is 28.8 Å². The summed E-state index contributed by atoms with van der Waals surface area (Å²) in [4.78, 5) is 12.3. The highest BCUT2D eigenvalue weighted by molar-refractivity contribution is 6.98. The lowest BCUT2D eigenvalue weighted by atomic mass is 9.35. The Hall–Kier alpha value is -4.84. The van der Waals surface area contributed by atoms with Gasteiger partial charge in [0.15, 0.2) is 0 Å². The molecule has 4 heterocycles. The molecule has 0 radical (unpaired) electrons. The first-order valence-electron chi connectivity index (χ1n) is 14.4. The van der Waals surface area contributed by atoms with Crippen molar-refractivity contribution >= 4 is 34.6 Å². The molecule has 0 amide bonds. The SMILES string of the molecule is CC1(C)N=C(c2ccccc2)N(c2cncc(-c3cc4c5c(c3)Oc3ccccc3B5c3ccccc3O4)c2)C1(C)C. The molecule has 0 fully saturated rings. The Morgan fingerprint density at radius 1 is 0.619 bits per heavy atom. The molecular weight excluding hydrogens is 517 g/mol. The summed E-state index contributed by atoms with van der Waals surface area (Å²) >= 11 is 0. The zero-order valence-corrected chi connectivity index (χ0v) is 24.1. The Bertz CT molecular complexity index is 1840. The van der Waals surface area contributed by atoms with Crippen molar-refractivity contribution in [1.29, 1.82) is 0 Å². The van der Waals surface area contributed by atoms with Crippen molar-refractivity contribution in [3.05, 3.63) is 115 Å². The third kappa shape index (κ3) is 3.57. The fraction of sp³-hybridized carbons (Fsp3) is 0.167. The van der Waals surface area contributed by atoms with E-state index < -0.39 is 0 Å². The first-order chi connectivity index (χ1) is 20.3. The fourth-order valence-corrected chi connectivity index (χ4v) is 6.48. The van der Waals surface area contributed by atoms with E-state index in [4.69, 9.17) is 19.5 Å². The minimum Gasteiger partial charge on any atom is -0.458 e. The van der Waals surface area contributed by atoms with Gasteiger partial charge in [-0.3, -0.25) is 9.98 Å². The molecule has 0 N–H and O–H groups in total. The molecule has 0 saturated heterocycles. The number of pyridine rings is 1. The number of para-hydroxylation sites is 2. The molecule has 1 aromatic heterocycles. The highest BCUT2D eigenvalue weighted by atomic mass is 16.5. The van der Waals surface area contributed by atoms with Gasteiger partial charge in [0.05, 0.1) is 23.0 Å². The van der Waals surface area contributed by atoms with Gasteiger partial charge in [-0.05, 0) is 74.5 Å². The van der Waals surface area contributed by atoms with Crippen LogP contribution >= 0.6 is 0 Å². The molecule has 3 aliphatic heterocycles. The normalized spacial score (nSPS) is 16.9. The molecule has 8 rings (SSSR count). The summed E-state index contributed by atoms with van der Waals surface area (Å²) < 4.78 is 13.1. The predicted molar refractivity (Wildman–Crippen MR) is 171 cm³/mol. The van der Waals surface area contributed by atoms with Gasteiger partial charge >= 0.3 is 0 Å². The number of ether oxygens (including phenoxy) is 2. The number of anilines is 1. The van der Waals surface area contributed by atoms with E-state index in [1.54, 1.807) is 0 Å². The first kappa shape index (κ1) is 24.9. The molecule has 0 atom stereocenters. The van der Waals surface area contributed by atoms with Gasteiger partial charge < -0.3 is 14.4 Å². The van der Waals surface area contributed by atoms with Gasteiger partial charge in [0.25, 0.3) is 6.71 Å². The van der Waals surface area contributed by atoms with Crippen molar-refractivity contribution in [3.63, 3.8) is 0 Å². The average Bonchev–Trinajstić information content (AvgIpc) is 3.20. The van der Waals surface area contributed by atoms with Crippen molar-refractivity contribution < 1.29 is 9.47 Å². The number of benzene rings is 4. The smallest absolute Gasteiger partial charge is 0.260 e. The number of hydrogen-bond acceptors (Lipinski definition) is 5. The molecule has 0 spiro atoms. The van der Waals surface area contributed by atoms with Crippen molar-refractivity contribution in [2.45, 2.75) is 38.8 Å². The fourth-order valence-electron chi connectivity index (χ4n) is 6.48. The average molecular weight is 547 g/mol. The highest BCUT2D eigenvalue weighted by Gasteiger charge is 2.50. The van der Waals surface area contributed by atoms with Crippen molar-refractivity contribution in [2.24, 2.45) is 4.99 Å². The van der Waals surface area contributed by atoms with Crippen LogP contribution in [0.15, 0.2) is 114 Å². The van der Waals surface area contributed by atoms with Crippen molar-refractivity contribution in [2.75, 3.05) is 4.90 Å². The predicted octanol–water partition coefficient (Wildman–Crippen LogP) is 6.30. The molecule has 4 aromatic carbocycles. The van der Waals surface area contributed by atoms with Gasteiger partial charge in [0.2, 0.25) is 0 Å². The van der Waals surface area contributed by atoms with E-state index in [0.717, 1.165) is 67.6 Å². The van der Waals surface area contributed by atoms with Crippen LogP contribution in [0.25, 0.3) is 11.1 Å². The van der Waals surface area contributed by atoms with Crippen LogP contribution in [0.3, 0.4) is 0 Å². The minimum atomic E-state index is -0.304. The molecule has 6 heteroatoms. The number of aliphatic imine (C=N–C) groups is 1. The molecule has 0 unspecified atom stereocenters. The van der Waals surface area contributed by atoms with Crippen LogP contribution in [-0.2, 0) is 0 Å². The maximum atomic E-state index is 6.54. The summed E-state index contributed by atoms with van der Waals surface area (Å²) in [6.45, 7) is 8.95. The molecule has 5 aromatic rings. The van der Waals surface area contributed by atoms with Crippen LogP contribution in [-0.4, -0.2) is 28.6 Å². The topological polar surface area (TPSA) is 47.0 Å². The van der Waals surface area contributed by atoms with Crippen LogP contribution < -0.4 is 30.8 Å². The van der Waals surface area contributed by atoms with Gasteiger partial charge in [0, 0.05) is 22.8 Å². The van der Waals surface area contributed by atoms with Crippen LogP contribution in [0.1, 0.15) is 33.3 Å². The Labute approximate surface area is 246 Å². The second-order valence-electron chi connectivity index (χ2n) is 12.3. The quantitative estimate of drug-likeness (QED) is 0.244. The van der Waals surface area contributed by atoms with Gasteiger partial charge in [-0.1, -0.05) is 66.7 Å². The molecule has 5 nitrogen and oxygen atoms in total. The zero-order chi connectivity index (χ0) is 28.6. The maximum Gasteiger partial charge on any atom is 0.260 e. The number of aromatic nitrogens is 1. The Balaban J connectivity index is 1.26.